The largest absolute Gasteiger partial charge is 0.354 e. The Balaban J connectivity index is 1.82. The average molecular weight is 310 g/mol. The maximum absolute atomic E-state index is 12.0. The number of nitrogens with one attached hydrogen (secondary N) is 2. The van der Waals surface area contributed by atoms with Gasteiger partial charge in [0.2, 0.25) is 11.8 Å². The molecule has 0 spiro atoms. The zero-order chi connectivity index (χ0) is 15.3. The molecular weight excluding hydrogens is 292 g/mol. The molecule has 1 unspecified atom stereocenters. The summed E-state index contributed by atoms with van der Waals surface area (Å²) in [5.74, 6) is -0.551. The van der Waals surface area contributed by atoms with Crippen LogP contribution in [0.25, 0.3) is 0 Å². The molecule has 1 aromatic carbocycles. The van der Waals surface area contributed by atoms with Crippen LogP contribution in [-0.4, -0.2) is 38.6 Å². The molecule has 1 aromatic rings. The number of sulfone groups is 1. The standard InChI is InChI=1S/C14H18N2O4S/c17-13-7-6-11(10-15-13)16-14(18)8-9-21(19,20)12-4-2-1-3-5-12/h1-5,11H,6-10H2,(H,15,17)(H,16,18). The Bertz CT molecular complexity index is 603. The normalized spacial score (nSPS) is 18.9. The highest BCUT2D eigenvalue weighted by Gasteiger charge is 2.21. The van der Waals surface area contributed by atoms with E-state index >= 15 is 0 Å². The Hall–Kier alpha value is -1.89. The summed E-state index contributed by atoms with van der Waals surface area (Å²) in [4.78, 5) is 23.0. The second-order valence-corrected chi connectivity index (χ2v) is 7.10. The quantitative estimate of drug-likeness (QED) is 0.815. The summed E-state index contributed by atoms with van der Waals surface area (Å²) >= 11 is 0. The number of hydrogen-bond acceptors (Lipinski definition) is 4. The minimum Gasteiger partial charge on any atom is -0.354 e. The fourth-order valence-electron chi connectivity index (χ4n) is 2.13. The predicted octanol–water partition coefficient (Wildman–Crippen LogP) is 0.245. The molecular formula is C14H18N2O4S. The maximum Gasteiger partial charge on any atom is 0.221 e. The van der Waals surface area contributed by atoms with Gasteiger partial charge in [-0.15, -0.1) is 0 Å². The first-order valence-electron chi connectivity index (χ1n) is 6.81. The summed E-state index contributed by atoms with van der Waals surface area (Å²) in [7, 11) is -3.44. The van der Waals surface area contributed by atoms with Crippen molar-refractivity contribution in [1.29, 1.82) is 0 Å². The summed E-state index contributed by atoms with van der Waals surface area (Å²) in [5.41, 5.74) is 0. The van der Waals surface area contributed by atoms with Gasteiger partial charge in [-0.1, -0.05) is 18.2 Å². The van der Waals surface area contributed by atoms with Crippen molar-refractivity contribution in [2.24, 2.45) is 0 Å². The van der Waals surface area contributed by atoms with E-state index in [-0.39, 0.29) is 34.9 Å². The zero-order valence-corrected chi connectivity index (χ0v) is 12.4. The van der Waals surface area contributed by atoms with Crippen molar-refractivity contribution in [3.05, 3.63) is 30.3 Å². The van der Waals surface area contributed by atoms with Gasteiger partial charge < -0.3 is 10.6 Å². The van der Waals surface area contributed by atoms with Crippen LogP contribution in [0.15, 0.2) is 35.2 Å². The molecule has 0 aromatic heterocycles. The summed E-state index contributed by atoms with van der Waals surface area (Å²) < 4.78 is 24.1. The minimum absolute atomic E-state index is 0.0212. The molecule has 0 bridgehead atoms. The van der Waals surface area contributed by atoms with E-state index < -0.39 is 9.84 Å². The summed E-state index contributed by atoms with van der Waals surface area (Å²) in [6.45, 7) is 0.399. The van der Waals surface area contributed by atoms with Gasteiger partial charge in [-0.3, -0.25) is 9.59 Å². The number of piperidine rings is 1. The molecule has 6 nitrogen and oxygen atoms in total. The van der Waals surface area contributed by atoms with Crippen LogP contribution in [0.1, 0.15) is 19.3 Å². The van der Waals surface area contributed by atoms with Gasteiger partial charge in [0.15, 0.2) is 9.84 Å². The second kappa shape index (κ2) is 6.71. The van der Waals surface area contributed by atoms with E-state index in [1.54, 1.807) is 18.2 Å². The third-order valence-corrected chi connectivity index (χ3v) is 5.06. The van der Waals surface area contributed by atoms with Gasteiger partial charge in [0.05, 0.1) is 10.6 Å². The van der Waals surface area contributed by atoms with E-state index in [4.69, 9.17) is 0 Å². The molecule has 1 saturated heterocycles. The Kier molecular flexibility index (Phi) is 4.95. The van der Waals surface area contributed by atoms with Crippen LogP contribution in [-0.2, 0) is 19.4 Å². The van der Waals surface area contributed by atoms with Crippen molar-refractivity contribution >= 4 is 21.7 Å². The van der Waals surface area contributed by atoms with Crippen LogP contribution in [0.4, 0.5) is 0 Å². The van der Waals surface area contributed by atoms with E-state index in [0.717, 1.165) is 0 Å². The molecule has 2 N–H and O–H groups in total. The number of carbonyl (C=O) groups is 2. The van der Waals surface area contributed by atoms with Crippen molar-refractivity contribution in [3.8, 4) is 0 Å². The topological polar surface area (TPSA) is 92.3 Å². The predicted molar refractivity (Wildman–Crippen MR) is 77.3 cm³/mol. The molecule has 0 saturated carbocycles. The molecule has 114 valence electrons. The highest BCUT2D eigenvalue weighted by Crippen LogP contribution is 2.11. The molecule has 2 rings (SSSR count). The first-order valence-corrected chi connectivity index (χ1v) is 8.46. The molecule has 0 radical (unpaired) electrons. The van der Waals surface area contributed by atoms with Gasteiger partial charge >= 0.3 is 0 Å². The van der Waals surface area contributed by atoms with Crippen LogP contribution in [0, 0.1) is 0 Å². The third-order valence-electron chi connectivity index (χ3n) is 3.33. The van der Waals surface area contributed by atoms with Crippen molar-refractivity contribution in [2.45, 2.75) is 30.2 Å². The third kappa shape index (κ3) is 4.56. The van der Waals surface area contributed by atoms with Crippen LogP contribution >= 0.6 is 0 Å². The van der Waals surface area contributed by atoms with Gasteiger partial charge in [0.1, 0.15) is 0 Å². The second-order valence-electron chi connectivity index (χ2n) is 4.99. The number of amides is 2. The fourth-order valence-corrected chi connectivity index (χ4v) is 3.39. The van der Waals surface area contributed by atoms with Crippen molar-refractivity contribution in [2.75, 3.05) is 12.3 Å². The van der Waals surface area contributed by atoms with Crippen LogP contribution < -0.4 is 10.6 Å². The Labute approximate surface area is 123 Å². The van der Waals surface area contributed by atoms with Gasteiger partial charge in [0.25, 0.3) is 0 Å². The number of benzene rings is 1. The van der Waals surface area contributed by atoms with Gasteiger partial charge in [0, 0.05) is 25.4 Å². The van der Waals surface area contributed by atoms with Crippen molar-refractivity contribution in [1.82, 2.24) is 10.6 Å². The molecule has 1 heterocycles. The monoisotopic (exact) mass is 310 g/mol. The summed E-state index contributed by atoms with van der Waals surface area (Å²) in [6.07, 6.45) is 0.887. The first kappa shape index (κ1) is 15.5. The highest BCUT2D eigenvalue weighted by molar-refractivity contribution is 7.91. The van der Waals surface area contributed by atoms with E-state index in [2.05, 4.69) is 10.6 Å². The highest BCUT2D eigenvalue weighted by atomic mass is 32.2. The summed E-state index contributed by atoms with van der Waals surface area (Å²) in [6, 6.07) is 7.96. The number of rotatable bonds is 5. The van der Waals surface area contributed by atoms with Crippen molar-refractivity contribution in [3.63, 3.8) is 0 Å². The lowest BCUT2D eigenvalue weighted by atomic mass is 10.1. The Morgan fingerprint density at radius 1 is 1.29 bits per heavy atom. The Morgan fingerprint density at radius 2 is 2.00 bits per heavy atom. The lowest BCUT2D eigenvalue weighted by Crippen LogP contribution is -2.47. The SMILES string of the molecule is O=C1CCC(NC(=O)CCS(=O)(=O)c2ccccc2)CN1. The molecule has 1 fully saturated rings. The molecule has 1 aliphatic rings. The molecule has 1 atom stereocenters. The summed E-state index contributed by atoms with van der Waals surface area (Å²) in [5, 5.41) is 5.41. The smallest absolute Gasteiger partial charge is 0.221 e. The zero-order valence-electron chi connectivity index (χ0n) is 11.5. The van der Waals surface area contributed by atoms with E-state index in [1.165, 1.54) is 12.1 Å². The Morgan fingerprint density at radius 3 is 2.62 bits per heavy atom. The van der Waals surface area contributed by atoms with Crippen LogP contribution in [0.2, 0.25) is 0 Å². The lowest BCUT2D eigenvalue weighted by molar-refractivity contribution is -0.125. The van der Waals surface area contributed by atoms with Crippen LogP contribution in [0.3, 0.4) is 0 Å². The van der Waals surface area contributed by atoms with E-state index in [0.29, 0.717) is 19.4 Å². The van der Waals surface area contributed by atoms with Crippen molar-refractivity contribution < 1.29 is 18.0 Å². The van der Waals surface area contributed by atoms with Gasteiger partial charge in [-0.25, -0.2) is 8.42 Å². The number of hydrogen-bond donors (Lipinski definition) is 2. The van der Waals surface area contributed by atoms with Gasteiger partial charge in [-0.2, -0.15) is 0 Å². The molecule has 21 heavy (non-hydrogen) atoms. The molecule has 0 aliphatic carbocycles. The average Bonchev–Trinajstić information content (AvgIpc) is 2.49. The fraction of sp³-hybridized carbons (Fsp3) is 0.429. The first-order chi connectivity index (χ1) is 9.97. The molecule has 7 heteroatoms. The molecule has 1 aliphatic heterocycles. The maximum atomic E-state index is 12.0. The lowest BCUT2D eigenvalue weighted by Gasteiger charge is -2.23. The molecule has 2 amide bonds. The minimum atomic E-state index is -3.44. The van der Waals surface area contributed by atoms with E-state index in [1.807, 2.05) is 0 Å². The van der Waals surface area contributed by atoms with E-state index in [9.17, 15) is 18.0 Å². The number of carbonyl (C=O) groups excluding carboxylic acids is 2. The van der Waals surface area contributed by atoms with Gasteiger partial charge in [-0.05, 0) is 18.6 Å². The van der Waals surface area contributed by atoms with Crippen LogP contribution in [0.5, 0.6) is 0 Å².